The predicted molar refractivity (Wildman–Crippen MR) is 196 cm³/mol. The van der Waals surface area contributed by atoms with E-state index in [0.717, 1.165) is 19.3 Å². The third kappa shape index (κ3) is 37.5. The Hall–Kier alpha value is -0.870. The smallest absolute Gasteiger partial charge is 0.306 e. The van der Waals surface area contributed by atoms with Gasteiger partial charge < -0.3 is 14.6 Å². The zero-order chi connectivity index (χ0) is 32.7. The number of ether oxygens (including phenoxy) is 2. The molecule has 0 heterocycles. The third-order valence-electron chi connectivity index (χ3n) is 9.09. The van der Waals surface area contributed by atoms with Gasteiger partial charge in [-0.3, -0.25) is 4.79 Å². The molecule has 0 bridgehead atoms. The summed E-state index contributed by atoms with van der Waals surface area (Å²) < 4.78 is 11.1. The van der Waals surface area contributed by atoms with E-state index in [1.807, 2.05) is 0 Å². The second-order valence-electron chi connectivity index (χ2n) is 13.7. The largest absolute Gasteiger partial charge is 0.457 e. The molecule has 0 saturated heterocycles. The number of unbranched alkanes of at least 4 members (excludes halogenated alkanes) is 28. The second-order valence-corrected chi connectivity index (χ2v) is 13.7. The van der Waals surface area contributed by atoms with Gasteiger partial charge in [-0.1, -0.05) is 187 Å². The summed E-state index contributed by atoms with van der Waals surface area (Å²) in [5, 5.41) is 9.58. The average Bonchev–Trinajstić information content (AvgIpc) is 3.05. The van der Waals surface area contributed by atoms with Gasteiger partial charge in [0, 0.05) is 13.0 Å². The fourth-order valence-corrected chi connectivity index (χ4v) is 6.03. The van der Waals surface area contributed by atoms with Crippen LogP contribution < -0.4 is 0 Å². The number of hydrogen-bond acceptors (Lipinski definition) is 4. The highest BCUT2D eigenvalue weighted by Crippen LogP contribution is 2.15. The highest BCUT2D eigenvalue weighted by atomic mass is 16.6. The summed E-state index contributed by atoms with van der Waals surface area (Å²) in [6.07, 6.45) is 45.4. The van der Waals surface area contributed by atoms with Crippen molar-refractivity contribution in [1.82, 2.24) is 0 Å². The van der Waals surface area contributed by atoms with Crippen LogP contribution in [0.15, 0.2) is 12.2 Å². The fraction of sp³-hybridized carbons (Fsp3) is 0.927. The quantitative estimate of drug-likeness (QED) is 0.0416. The van der Waals surface area contributed by atoms with Gasteiger partial charge in [-0.05, 0) is 38.5 Å². The standard InChI is InChI=1S/C41H80O4/c1-3-5-7-9-11-13-15-17-19-21-23-25-27-29-31-33-35-37-44-39-40(38-42)45-41(43)36-34-32-30-28-26-24-22-20-18-16-14-12-10-8-6-4-2/h19,21,40,42H,3-18,20,22-39H2,1-2H3/b21-19-. The maximum atomic E-state index is 12.2. The van der Waals surface area contributed by atoms with Gasteiger partial charge in [-0.25, -0.2) is 0 Å². The van der Waals surface area contributed by atoms with Crippen LogP contribution in [0.4, 0.5) is 0 Å². The van der Waals surface area contributed by atoms with E-state index in [9.17, 15) is 9.90 Å². The molecule has 0 rings (SSSR count). The molecule has 0 aromatic carbocycles. The first kappa shape index (κ1) is 44.1. The molecule has 1 unspecified atom stereocenters. The number of carbonyl (C=O) groups is 1. The number of aliphatic hydroxyl groups excluding tert-OH is 1. The molecule has 0 amide bonds. The SMILES string of the molecule is CCCCCCCCC/C=C\CCCCCCCCOCC(CO)OC(=O)CCCCCCCCCCCCCCCCCC. The molecule has 0 aromatic heterocycles. The van der Waals surface area contributed by atoms with Crippen LogP contribution in [0.1, 0.15) is 219 Å². The highest BCUT2D eigenvalue weighted by molar-refractivity contribution is 5.69. The van der Waals surface area contributed by atoms with Crippen LogP contribution in [0, 0.1) is 0 Å². The lowest BCUT2D eigenvalue weighted by atomic mass is 10.0. The predicted octanol–water partition coefficient (Wildman–Crippen LogP) is 13.0. The van der Waals surface area contributed by atoms with Crippen molar-refractivity contribution in [3.8, 4) is 0 Å². The van der Waals surface area contributed by atoms with Crippen LogP contribution in [0.25, 0.3) is 0 Å². The van der Waals surface area contributed by atoms with Crippen molar-refractivity contribution >= 4 is 5.97 Å². The van der Waals surface area contributed by atoms with E-state index in [4.69, 9.17) is 9.47 Å². The molecule has 1 N–H and O–H groups in total. The molecule has 4 nitrogen and oxygen atoms in total. The zero-order valence-electron chi connectivity index (χ0n) is 30.7. The fourth-order valence-electron chi connectivity index (χ4n) is 6.03. The van der Waals surface area contributed by atoms with E-state index in [1.165, 1.54) is 180 Å². The van der Waals surface area contributed by atoms with Crippen molar-refractivity contribution in [2.45, 2.75) is 225 Å². The topological polar surface area (TPSA) is 55.8 Å². The van der Waals surface area contributed by atoms with Gasteiger partial charge in [-0.15, -0.1) is 0 Å². The maximum Gasteiger partial charge on any atom is 0.306 e. The molecule has 1 atom stereocenters. The molecule has 45 heavy (non-hydrogen) atoms. The number of esters is 1. The van der Waals surface area contributed by atoms with Crippen molar-refractivity contribution in [2.24, 2.45) is 0 Å². The van der Waals surface area contributed by atoms with Gasteiger partial charge >= 0.3 is 5.97 Å². The molecule has 0 saturated carbocycles. The Bertz CT molecular complexity index is 590. The number of carbonyl (C=O) groups excluding carboxylic acids is 1. The lowest BCUT2D eigenvalue weighted by Gasteiger charge is -2.15. The first-order valence-corrected chi connectivity index (χ1v) is 20.3. The summed E-state index contributed by atoms with van der Waals surface area (Å²) in [5.74, 6) is -0.198. The maximum absolute atomic E-state index is 12.2. The Labute approximate surface area is 282 Å². The minimum absolute atomic E-state index is 0.168. The lowest BCUT2D eigenvalue weighted by Crippen LogP contribution is -2.27. The number of hydrogen-bond donors (Lipinski definition) is 1. The van der Waals surface area contributed by atoms with E-state index in [1.54, 1.807) is 0 Å². The van der Waals surface area contributed by atoms with Gasteiger partial charge in [0.15, 0.2) is 0 Å². The van der Waals surface area contributed by atoms with Gasteiger partial charge in [-0.2, -0.15) is 0 Å². The van der Waals surface area contributed by atoms with E-state index in [-0.39, 0.29) is 12.6 Å². The molecule has 0 spiro atoms. The summed E-state index contributed by atoms with van der Waals surface area (Å²) in [7, 11) is 0. The van der Waals surface area contributed by atoms with Crippen molar-refractivity contribution < 1.29 is 19.4 Å². The van der Waals surface area contributed by atoms with Gasteiger partial charge in [0.25, 0.3) is 0 Å². The first-order chi connectivity index (χ1) is 22.2. The van der Waals surface area contributed by atoms with Crippen molar-refractivity contribution in [3.63, 3.8) is 0 Å². The van der Waals surface area contributed by atoms with Gasteiger partial charge in [0.1, 0.15) is 6.10 Å². The third-order valence-corrected chi connectivity index (χ3v) is 9.09. The lowest BCUT2D eigenvalue weighted by molar-refractivity contribution is -0.154. The number of rotatable bonds is 38. The van der Waals surface area contributed by atoms with Crippen LogP contribution in [-0.4, -0.2) is 37.0 Å². The molecule has 0 aromatic rings. The van der Waals surface area contributed by atoms with Crippen molar-refractivity contribution in [1.29, 1.82) is 0 Å². The summed E-state index contributed by atoms with van der Waals surface area (Å²) in [6.45, 7) is 5.36. The summed E-state index contributed by atoms with van der Waals surface area (Å²) in [6, 6.07) is 0. The normalized spacial score (nSPS) is 12.3. The minimum Gasteiger partial charge on any atom is -0.457 e. The van der Waals surface area contributed by atoms with E-state index in [0.29, 0.717) is 19.6 Å². The zero-order valence-corrected chi connectivity index (χ0v) is 30.7. The van der Waals surface area contributed by atoms with Crippen LogP contribution in [-0.2, 0) is 14.3 Å². The van der Waals surface area contributed by atoms with Crippen LogP contribution >= 0.6 is 0 Å². The van der Waals surface area contributed by atoms with Crippen LogP contribution in [0.3, 0.4) is 0 Å². The van der Waals surface area contributed by atoms with Crippen molar-refractivity contribution in [3.05, 3.63) is 12.2 Å². The van der Waals surface area contributed by atoms with E-state index >= 15 is 0 Å². The van der Waals surface area contributed by atoms with Crippen molar-refractivity contribution in [2.75, 3.05) is 19.8 Å². The number of aliphatic hydroxyl groups is 1. The van der Waals surface area contributed by atoms with Crippen LogP contribution in [0.5, 0.6) is 0 Å². The summed E-state index contributed by atoms with van der Waals surface area (Å²) >= 11 is 0. The molecular weight excluding hydrogens is 556 g/mol. The molecular formula is C41H80O4. The van der Waals surface area contributed by atoms with Gasteiger partial charge in [0.05, 0.1) is 13.2 Å². The molecule has 0 radical (unpaired) electrons. The van der Waals surface area contributed by atoms with Crippen LogP contribution in [0.2, 0.25) is 0 Å². The Kier molecular flexibility index (Phi) is 38.5. The molecule has 4 heteroatoms. The number of allylic oxidation sites excluding steroid dienone is 2. The molecule has 0 fully saturated rings. The van der Waals surface area contributed by atoms with E-state index in [2.05, 4.69) is 26.0 Å². The van der Waals surface area contributed by atoms with Gasteiger partial charge in [0.2, 0.25) is 0 Å². The Morgan fingerprint density at radius 2 is 0.867 bits per heavy atom. The Morgan fingerprint density at radius 3 is 1.27 bits per heavy atom. The second kappa shape index (κ2) is 39.3. The minimum atomic E-state index is -0.530. The van der Waals surface area contributed by atoms with E-state index < -0.39 is 6.10 Å². The monoisotopic (exact) mass is 637 g/mol. The highest BCUT2D eigenvalue weighted by Gasteiger charge is 2.13. The molecule has 0 aliphatic heterocycles. The first-order valence-electron chi connectivity index (χ1n) is 20.3. The Balaban J connectivity index is 3.40. The summed E-state index contributed by atoms with van der Waals surface area (Å²) in [4.78, 5) is 12.2. The average molecular weight is 637 g/mol. The Morgan fingerprint density at radius 1 is 0.511 bits per heavy atom. The molecule has 0 aliphatic carbocycles. The molecule has 268 valence electrons. The molecule has 0 aliphatic rings. The summed E-state index contributed by atoms with van der Waals surface area (Å²) in [5.41, 5.74) is 0.